The molecule has 2 nitrogen and oxygen atoms in total. The predicted octanol–water partition coefficient (Wildman–Crippen LogP) is 4.54. The summed E-state index contributed by atoms with van der Waals surface area (Å²) in [6, 6.07) is 20.2. The first kappa shape index (κ1) is 15.8. The molecule has 2 aromatic rings. The Morgan fingerprint density at radius 1 is 1.09 bits per heavy atom. The van der Waals surface area contributed by atoms with Gasteiger partial charge in [0.2, 0.25) is 0 Å². The van der Waals surface area contributed by atoms with Crippen molar-refractivity contribution >= 4 is 0 Å². The molecule has 0 spiro atoms. The molecule has 1 aliphatic heterocycles. The molecule has 2 heteroatoms. The Kier molecular flexibility index (Phi) is 5.12. The van der Waals surface area contributed by atoms with Crippen molar-refractivity contribution in [2.75, 3.05) is 0 Å². The Morgan fingerprint density at radius 3 is 2.52 bits per heavy atom. The van der Waals surface area contributed by atoms with Crippen molar-refractivity contribution < 1.29 is 9.47 Å². The highest BCUT2D eigenvalue weighted by Gasteiger charge is 2.33. The number of ether oxygens (including phenoxy) is 2. The van der Waals surface area contributed by atoms with E-state index in [2.05, 4.69) is 24.0 Å². The third-order valence-electron chi connectivity index (χ3n) is 4.03. The SMILES string of the molecule is CC1(OCc2ccccc2)CCCC(C#Cc2ccccc2)O1. The van der Waals surface area contributed by atoms with Crippen LogP contribution < -0.4 is 0 Å². The normalized spacial score (nSPS) is 23.8. The van der Waals surface area contributed by atoms with E-state index in [1.54, 1.807) is 0 Å². The van der Waals surface area contributed by atoms with Crippen molar-refractivity contribution in [3.63, 3.8) is 0 Å². The molecule has 118 valence electrons. The largest absolute Gasteiger partial charge is 0.345 e. The lowest BCUT2D eigenvalue weighted by Gasteiger charge is -2.36. The molecule has 0 bridgehead atoms. The van der Waals surface area contributed by atoms with E-state index < -0.39 is 5.79 Å². The monoisotopic (exact) mass is 306 g/mol. The van der Waals surface area contributed by atoms with Crippen molar-refractivity contribution in [2.45, 2.75) is 44.7 Å². The van der Waals surface area contributed by atoms with Crippen LogP contribution in [0, 0.1) is 11.8 Å². The van der Waals surface area contributed by atoms with Gasteiger partial charge in [0.05, 0.1) is 6.61 Å². The number of benzene rings is 2. The van der Waals surface area contributed by atoms with Crippen LogP contribution >= 0.6 is 0 Å². The highest BCUT2D eigenvalue weighted by molar-refractivity contribution is 5.34. The van der Waals surface area contributed by atoms with Gasteiger partial charge in [-0.2, -0.15) is 0 Å². The minimum atomic E-state index is -0.551. The molecule has 1 aliphatic rings. The lowest BCUT2D eigenvalue weighted by molar-refractivity contribution is -0.264. The maximum Gasteiger partial charge on any atom is 0.167 e. The van der Waals surface area contributed by atoms with E-state index in [-0.39, 0.29) is 6.10 Å². The molecule has 2 unspecified atom stereocenters. The average molecular weight is 306 g/mol. The van der Waals surface area contributed by atoms with Crippen LogP contribution in [0.5, 0.6) is 0 Å². The third-order valence-corrected chi connectivity index (χ3v) is 4.03. The second-order valence-electron chi connectivity index (χ2n) is 6.04. The number of hydrogen-bond acceptors (Lipinski definition) is 2. The maximum absolute atomic E-state index is 6.12. The summed E-state index contributed by atoms with van der Waals surface area (Å²) in [5.74, 6) is 5.88. The summed E-state index contributed by atoms with van der Waals surface area (Å²) in [7, 11) is 0. The highest BCUT2D eigenvalue weighted by atomic mass is 16.7. The molecule has 0 N–H and O–H groups in total. The van der Waals surface area contributed by atoms with Gasteiger partial charge in [0, 0.05) is 12.0 Å². The Labute approximate surface area is 138 Å². The summed E-state index contributed by atoms with van der Waals surface area (Å²) in [6.07, 6.45) is 2.87. The van der Waals surface area contributed by atoms with Gasteiger partial charge in [0.15, 0.2) is 5.79 Å². The Morgan fingerprint density at radius 2 is 1.78 bits per heavy atom. The van der Waals surface area contributed by atoms with Gasteiger partial charge in [0.1, 0.15) is 6.10 Å². The molecule has 2 aromatic carbocycles. The second kappa shape index (κ2) is 7.46. The molecule has 23 heavy (non-hydrogen) atoms. The van der Waals surface area contributed by atoms with Crippen LogP contribution in [-0.2, 0) is 16.1 Å². The molecular formula is C21H22O2. The predicted molar refractivity (Wildman–Crippen MR) is 91.7 cm³/mol. The first-order chi connectivity index (χ1) is 11.2. The van der Waals surface area contributed by atoms with E-state index in [1.807, 2.05) is 55.5 Å². The molecule has 2 atom stereocenters. The zero-order valence-corrected chi connectivity index (χ0v) is 13.5. The van der Waals surface area contributed by atoms with E-state index in [1.165, 1.54) is 0 Å². The van der Waals surface area contributed by atoms with Gasteiger partial charge in [-0.3, -0.25) is 0 Å². The van der Waals surface area contributed by atoms with Gasteiger partial charge in [-0.1, -0.05) is 60.4 Å². The summed E-state index contributed by atoms with van der Waals surface area (Å²) in [5.41, 5.74) is 2.18. The molecule has 0 aromatic heterocycles. The summed E-state index contributed by atoms with van der Waals surface area (Å²) in [4.78, 5) is 0. The number of hydrogen-bond donors (Lipinski definition) is 0. The van der Waals surface area contributed by atoms with Gasteiger partial charge >= 0.3 is 0 Å². The Balaban J connectivity index is 1.60. The average Bonchev–Trinajstić information content (AvgIpc) is 2.60. The fourth-order valence-electron chi connectivity index (χ4n) is 2.73. The molecule has 3 rings (SSSR count). The van der Waals surface area contributed by atoms with Crippen LogP contribution in [0.1, 0.15) is 37.3 Å². The van der Waals surface area contributed by atoms with E-state index in [0.29, 0.717) is 6.61 Å². The van der Waals surface area contributed by atoms with Crippen LogP contribution in [0.3, 0.4) is 0 Å². The highest BCUT2D eigenvalue weighted by Crippen LogP contribution is 2.30. The fourth-order valence-corrected chi connectivity index (χ4v) is 2.73. The van der Waals surface area contributed by atoms with Gasteiger partial charge in [0.25, 0.3) is 0 Å². The van der Waals surface area contributed by atoms with E-state index in [0.717, 1.165) is 30.4 Å². The van der Waals surface area contributed by atoms with Gasteiger partial charge in [-0.15, -0.1) is 0 Å². The van der Waals surface area contributed by atoms with Crippen molar-refractivity contribution in [3.05, 3.63) is 71.8 Å². The van der Waals surface area contributed by atoms with Crippen LogP contribution in [0.4, 0.5) is 0 Å². The molecule has 0 saturated carbocycles. The van der Waals surface area contributed by atoms with Gasteiger partial charge in [-0.05, 0) is 37.5 Å². The van der Waals surface area contributed by atoms with Gasteiger partial charge < -0.3 is 9.47 Å². The first-order valence-corrected chi connectivity index (χ1v) is 8.16. The van der Waals surface area contributed by atoms with Crippen molar-refractivity contribution in [2.24, 2.45) is 0 Å². The Hall–Kier alpha value is -2.08. The summed E-state index contributed by atoms with van der Waals surface area (Å²) in [5, 5.41) is 0. The minimum Gasteiger partial charge on any atom is -0.345 e. The zero-order chi connectivity index (χ0) is 16.0. The quantitative estimate of drug-likeness (QED) is 0.775. The zero-order valence-electron chi connectivity index (χ0n) is 13.5. The van der Waals surface area contributed by atoms with E-state index >= 15 is 0 Å². The molecule has 0 radical (unpaired) electrons. The van der Waals surface area contributed by atoms with Crippen LogP contribution in [-0.4, -0.2) is 11.9 Å². The smallest absolute Gasteiger partial charge is 0.167 e. The van der Waals surface area contributed by atoms with Gasteiger partial charge in [-0.25, -0.2) is 0 Å². The molecule has 1 heterocycles. The van der Waals surface area contributed by atoms with E-state index in [9.17, 15) is 0 Å². The first-order valence-electron chi connectivity index (χ1n) is 8.16. The topological polar surface area (TPSA) is 18.5 Å². The maximum atomic E-state index is 6.12. The Bertz CT molecular complexity index is 669. The summed E-state index contributed by atoms with van der Waals surface area (Å²) >= 11 is 0. The number of rotatable bonds is 3. The summed E-state index contributed by atoms with van der Waals surface area (Å²) < 4.78 is 12.2. The van der Waals surface area contributed by atoms with Crippen LogP contribution in [0.2, 0.25) is 0 Å². The lowest BCUT2D eigenvalue weighted by Crippen LogP contribution is -2.39. The minimum absolute atomic E-state index is 0.0651. The molecule has 0 amide bonds. The lowest BCUT2D eigenvalue weighted by atomic mass is 10.0. The van der Waals surface area contributed by atoms with Crippen LogP contribution in [0.15, 0.2) is 60.7 Å². The molecule has 0 aliphatic carbocycles. The van der Waals surface area contributed by atoms with Crippen molar-refractivity contribution in [1.29, 1.82) is 0 Å². The molecular weight excluding hydrogens is 284 g/mol. The van der Waals surface area contributed by atoms with Crippen LogP contribution in [0.25, 0.3) is 0 Å². The second-order valence-corrected chi connectivity index (χ2v) is 6.04. The summed E-state index contributed by atoms with van der Waals surface area (Å²) in [6.45, 7) is 2.59. The third kappa shape index (κ3) is 4.69. The van der Waals surface area contributed by atoms with Crippen molar-refractivity contribution in [3.8, 4) is 11.8 Å². The van der Waals surface area contributed by atoms with Crippen molar-refractivity contribution in [1.82, 2.24) is 0 Å². The standard InChI is InChI=1S/C21H22O2/c1-21(22-17-19-11-6-3-7-12-19)16-8-13-20(23-21)15-14-18-9-4-2-5-10-18/h2-7,9-12,20H,8,13,16-17H2,1H3. The molecule has 1 fully saturated rings. The fraction of sp³-hybridized carbons (Fsp3) is 0.333. The van der Waals surface area contributed by atoms with E-state index in [4.69, 9.17) is 9.47 Å². The molecule has 1 saturated heterocycles.